The SMILES string of the molecule is COc1ccc(CCN2C(=O)c3cc4occc4n3C[C@]2(C)C(=O)N[C@@H]2CCCC[C@H]2C)c(OC)c1. The molecule has 1 aliphatic heterocycles. The van der Waals surface area contributed by atoms with Crippen LogP contribution in [0.4, 0.5) is 0 Å². The highest BCUT2D eigenvalue weighted by Gasteiger charge is 2.48. The number of hydrogen-bond acceptors (Lipinski definition) is 5. The fourth-order valence-electron chi connectivity index (χ4n) is 5.77. The largest absolute Gasteiger partial charge is 0.497 e. The third kappa shape index (κ3) is 4.12. The van der Waals surface area contributed by atoms with Crippen molar-refractivity contribution in [3.05, 3.63) is 47.9 Å². The Bertz CT molecular complexity index is 1280. The van der Waals surface area contributed by atoms with E-state index in [9.17, 15) is 9.59 Å². The Hall–Kier alpha value is -3.42. The summed E-state index contributed by atoms with van der Waals surface area (Å²) in [5.74, 6) is 1.55. The topological polar surface area (TPSA) is 85.9 Å². The number of carbonyl (C=O) groups is 2. The minimum atomic E-state index is -1.05. The Morgan fingerprint density at radius 3 is 2.72 bits per heavy atom. The molecule has 1 fully saturated rings. The second kappa shape index (κ2) is 9.56. The second-order valence-corrected chi connectivity index (χ2v) is 10.3. The molecule has 0 unspecified atom stereocenters. The highest BCUT2D eigenvalue weighted by Crippen LogP contribution is 2.34. The predicted molar refractivity (Wildman–Crippen MR) is 136 cm³/mol. The molecule has 36 heavy (non-hydrogen) atoms. The van der Waals surface area contributed by atoms with E-state index >= 15 is 0 Å². The van der Waals surface area contributed by atoms with Crippen molar-refractivity contribution < 1.29 is 23.5 Å². The molecule has 3 atom stereocenters. The zero-order chi connectivity index (χ0) is 25.4. The first-order valence-corrected chi connectivity index (χ1v) is 12.8. The van der Waals surface area contributed by atoms with E-state index in [1.54, 1.807) is 31.4 Å². The number of furan rings is 1. The summed E-state index contributed by atoms with van der Waals surface area (Å²) in [4.78, 5) is 29.5. The van der Waals surface area contributed by atoms with Gasteiger partial charge in [-0.25, -0.2) is 0 Å². The molecule has 0 saturated heterocycles. The average molecular weight is 494 g/mol. The molecule has 5 rings (SSSR count). The van der Waals surface area contributed by atoms with Crippen molar-refractivity contribution >= 4 is 22.9 Å². The van der Waals surface area contributed by atoms with E-state index in [-0.39, 0.29) is 17.9 Å². The number of benzene rings is 1. The minimum absolute atomic E-state index is 0.104. The third-order valence-electron chi connectivity index (χ3n) is 8.06. The smallest absolute Gasteiger partial charge is 0.271 e. The van der Waals surface area contributed by atoms with Crippen molar-refractivity contribution in [1.82, 2.24) is 14.8 Å². The van der Waals surface area contributed by atoms with Gasteiger partial charge in [-0.2, -0.15) is 0 Å². The first-order valence-electron chi connectivity index (χ1n) is 12.8. The van der Waals surface area contributed by atoms with Crippen molar-refractivity contribution in [3.63, 3.8) is 0 Å². The lowest BCUT2D eigenvalue weighted by Crippen LogP contribution is -2.65. The molecule has 1 aromatic carbocycles. The summed E-state index contributed by atoms with van der Waals surface area (Å²) in [6, 6.07) is 9.42. The van der Waals surface area contributed by atoms with Crippen molar-refractivity contribution in [1.29, 1.82) is 0 Å². The number of ether oxygens (including phenoxy) is 2. The van der Waals surface area contributed by atoms with Gasteiger partial charge in [-0.15, -0.1) is 0 Å². The Kier molecular flexibility index (Phi) is 6.45. The molecule has 1 aliphatic carbocycles. The van der Waals surface area contributed by atoms with Gasteiger partial charge >= 0.3 is 0 Å². The van der Waals surface area contributed by atoms with Gasteiger partial charge in [0.2, 0.25) is 5.91 Å². The number of hydrogen-bond donors (Lipinski definition) is 1. The predicted octanol–water partition coefficient (Wildman–Crippen LogP) is 4.40. The van der Waals surface area contributed by atoms with Crippen LogP contribution in [-0.2, 0) is 17.8 Å². The van der Waals surface area contributed by atoms with E-state index in [0.29, 0.717) is 48.2 Å². The number of methoxy groups -OCH3 is 2. The van der Waals surface area contributed by atoms with Crippen LogP contribution in [0.1, 0.15) is 55.6 Å². The summed E-state index contributed by atoms with van der Waals surface area (Å²) >= 11 is 0. The van der Waals surface area contributed by atoms with Gasteiger partial charge in [-0.3, -0.25) is 9.59 Å². The van der Waals surface area contributed by atoms with Crippen LogP contribution in [0.2, 0.25) is 0 Å². The first-order chi connectivity index (χ1) is 17.4. The fourth-order valence-corrected chi connectivity index (χ4v) is 5.77. The second-order valence-electron chi connectivity index (χ2n) is 10.3. The average Bonchev–Trinajstić information content (AvgIpc) is 3.47. The van der Waals surface area contributed by atoms with Crippen molar-refractivity contribution in [3.8, 4) is 11.5 Å². The van der Waals surface area contributed by atoms with Gasteiger partial charge in [0.25, 0.3) is 5.91 Å². The highest BCUT2D eigenvalue weighted by molar-refractivity contribution is 6.03. The molecular formula is C28H35N3O5. The van der Waals surface area contributed by atoms with Crippen molar-refractivity contribution in [2.75, 3.05) is 20.8 Å². The molecule has 2 aliphatic rings. The Balaban J connectivity index is 1.47. The van der Waals surface area contributed by atoms with Gasteiger partial charge in [0.1, 0.15) is 22.7 Å². The van der Waals surface area contributed by atoms with Gasteiger partial charge in [-0.05, 0) is 43.7 Å². The zero-order valence-corrected chi connectivity index (χ0v) is 21.5. The van der Waals surface area contributed by atoms with Crippen molar-refractivity contribution in [2.24, 2.45) is 5.92 Å². The third-order valence-corrected chi connectivity index (χ3v) is 8.06. The summed E-state index contributed by atoms with van der Waals surface area (Å²) in [6.45, 7) is 4.82. The molecule has 3 heterocycles. The number of fused-ring (bicyclic) bond motifs is 3. The molecular weight excluding hydrogens is 458 g/mol. The van der Waals surface area contributed by atoms with E-state index in [4.69, 9.17) is 13.9 Å². The Morgan fingerprint density at radius 1 is 1.17 bits per heavy atom. The van der Waals surface area contributed by atoms with Gasteiger partial charge in [0, 0.05) is 30.8 Å². The standard InChI is InChI=1S/C28H35N3O5/c1-18-7-5-6-8-21(18)29-27(33)28(2)17-30-22-12-14-36-25(22)16-23(30)26(32)31(28)13-11-19-9-10-20(34-3)15-24(19)35-4/h9-10,12,14-16,18,21H,5-8,11,13,17H2,1-4H3,(H,29,33)/t18-,21-,28-/m1/s1. The van der Waals surface area contributed by atoms with Gasteiger partial charge in [0.05, 0.1) is 32.5 Å². The summed E-state index contributed by atoms with van der Waals surface area (Å²) in [5.41, 5.74) is 1.93. The fraction of sp³-hybridized carbons (Fsp3) is 0.500. The van der Waals surface area contributed by atoms with Gasteiger partial charge < -0.3 is 28.7 Å². The lowest BCUT2D eigenvalue weighted by atomic mass is 9.85. The number of nitrogens with zero attached hydrogens (tertiary/aromatic N) is 2. The van der Waals surface area contributed by atoms with Crippen LogP contribution in [0.15, 0.2) is 41.0 Å². The van der Waals surface area contributed by atoms with E-state index in [0.717, 1.165) is 30.3 Å². The Labute approximate surface area is 211 Å². The minimum Gasteiger partial charge on any atom is -0.497 e. The van der Waals surface area contributed by atoms with E-state index < -0.39 is 5.54 Å². The first kappa shape index (κ1) is 24.3. The molecule has 192 valence electrons. The normalized spacial score (nSPS) is 24.0. The lowest BCUT2D eigenvalue weighted by Gasteiger charge is -2.45. The molecule has 0 spiro atoms. The number of amides is 2. The van der Waals surface area contributed by atoms with Crippen LogP contribution in [0.3, 0.4) is 0 Å². The highest BCUT2D eigenvalue weighted by atomic mass is 16.5. The molecule has 1 saturated carbocycles. The van der Waals surface area contributed by atoms with E-state index in [2.05, 4.69) is 12.2 Å². The number of nitrogens with one attached hydrogen (secondary N) is 1. The van der Waals surface area contributed by atoms with Crippen LogP contribution in [-0.4, -0.2) is 53.6 Å². The van der Waals surface area contributed by atoms with Crippen LogP contribution in [0.25, 0.3) is 11.1 Å². The van der Waals surface area contributed by atoms with Crippen LogP contribution in [0.5, 0.6) is 11.5 Å². The molecule has 2 amide bonds. The van der Waals surface area contributed by atoms with Crippen LogP contribution in [0, 0.1) is 5.92 Å². The van der Waals surface area contributed by atoms with E-state index in [1.807, 2.05) is 35.8 Å². The number of rotatable bonds is 7. The Morgan fingerprint density at radius 2 is 1.97 bits per heavy atom. The molecule has 3 aromatic rings. The summed E-state index contributed by atoms with van der Waals surface area (Å²) < 4.78 is 18.4. The summed E-state index contributed by atoms with van der Waals surface area (Å²) in [6.07, 6.45) is 6.55. The maximum atomic E-state index is 13.9. The lowest BCUT2D eigenvalue weighted by molar-refractivity contribution is -0.134. The molecule has 1 N–H and O–H groups in total. The quantitative estimate of drug-likeness (QED) is 0.527. The maximum Gasteiger partial charge on any atom is 0.271 e. The zero-order valence-electron chi connectivity index (χ0n) is 21.5. The number of carbonyl (C=O) groups excluding carboxylic acids is 2. The van der Waals surface area contributed by atoms with Gasteiger partial charge in [-0.1, -0.05) is 25.8 Å². The molecule has 0 radical (unpaired) electrons. The van der Waals surface area contributed by atoms with E-state index in [1.165, 1.54) is 6.42 Å². The molecule has 2 aromatic heterocycles. The monoisotopic (exact) mass is 493 g/mol. The summed E-state index contributed by atoms with van der Waals surface area (Å²) in [5, 5.41) is 3.32. The molecule has 8 nitrogen and oxygen atoms in total. The van der Waals surface area contributed by atoms with Crippen LogP contribution >= 0.6 is 0 Å². The van der Waals surface area contributed by atoms with Crippen molar-refractivity contribution in [2.45, 2.75) is 64.1 Å². The van der Waals surface area contributed by atoms with Crippen LogP contribution < -0.4 is 14.8 Å². The maximum absolute atomic E-state index is 13.9. The summed E-state index contributed by atoms with van der Waals surface area (Å²) in [7, 11) is 3.23. The molecule has 0 bridgehead atoms. The molecule has 8 heteroatoms. The van der Waals surface area contributed by atoms with Gasteiger partial charge in [0.15, 0.2) is 5.58 Å². The number of aromatic nitrogens is 1.